The third kappa shape index (κ3) is 4.93. The van der Waals surface area contributed by atoms with Gasteiger partial charge in [-0.25, -0.2) is 13.6 Å². The van der Waals surface area contributed by atoms with Gasteiger partial charge in [0.1, 0.15) is 0 Å². The third-order valence-corrected chi connectivity index (χ3v) is 3.59. The van der Waals surface area contributed by atoms with Crippen LogP contribution in [0.4, 0.5) is 0 Å². The Labute approximate surface area is 86.3 Å². The molecule has 0 amide bonds. The van der Waals surface area contributed by atoms with Gasteiger partial charge in [-0.1, -0.05) is 6.92 Å². The average molecular weight is 220 g/mol. The summed E-state index contributed by atoms with van der Waals surface area (Å²) >= 11 is 0. The Balaban J connectivity index is 2.05. The van der Waals surface area contributed by atoms with Crippen LogP contribution in [0.5, 0.6) is 0 Å². The van der Waals surface area contributed by atoms with Crippen molar-refractivity contribution in [2.45, 2.75) is 38.6 Å². The van der Waals surface area contributed by atoms with Gasteiger partial charge in [-0.2, -0.15) is 0 Å². The molecule has 0 spiro atoms. The molecule has 1 aliphatic carbocycles. The van der Waals surface area contributed by atoms with Crippen molar-refractivity contribution in [3.05, 3.63) is 0 Å². The molecule has 0 heterocycles. The van der Waals surface area contributed by atoms with Gasteiger partial charge in [0.05, 0.1) is 5.75 Å². The first-order chi connectivity index (χ1) is 6.47. The predicted molar refractivity (Wildman–Crippen MR) is 57.4 cm³/mol. The van der Waals surface area contributed by atoms with Gasteiger partial charge in [0.15, 0.2) is 0 Å². The summed E-state index contributed by atoms with van der Waals surface area (Å²) in [6.07, 6.45) is 4.34. The molecule has 0 aromatic heterocycles. The van der Waals surface area contributed by atoms with Gasteiger partial charge in [0.2, 0.25) is 10.0 Å². The fraction of sp³-hybridized carbons (Fsp3) is 1.00. The lowest BCUT2D eigenvalue weighted by molar-refractivity contribution is 0.501. The van der Waals surface area contributed by atoms with E-state index in [-0.39, 0.29) is 5.75 Å². The molecule has 0 saturated heterocycles. The Kier molecular flexibility index (Phi) is 4.34. The average Bonchev–Trinajstić information content (AvgIpc) is 2.44. The molecular formula is C9H20N2O2S. The summed E-state index contributed by atoms with van der Waals surface area (Å²) < 4.78 is 21.3. The molecule has 0 radical (unpaired) electrons. The van der Waals surface area contributed by atoms with Crippen molar-refractivity contribution in [2.24, 2.45) is 11.1 Å². The zero-order valence-electron chi connectivity index (χ0n) is 8.70. The number of sulfonamides is 1. The molecule has 0 aliphatic heterocycles. The van der Waals surface area contributed by atoms with Crippen LogP contribution in [-0.4, -0.2) is 26.8 Å². The molecule has 4 nitrogen and oxygen atoms in total. The molecule has 1 saturated carbocycles. The van der Waals surface area contributed by atoms with E-state index in [2.05, 4.69) is 12.2 Å². The molecule has 0 bridgehead atoms. The zero-order chi connectivity index (χ0) is 10.6. The molecule has 84 valence electrons. The molecule has 14 heavy (non-hydrogen) atoms. The summed E-state index contributed by atoms with van der Waals surface area (Å²) in [5, 5.41) is 8.26. The molecule has 3 N–H and O–H groups in total. The number of primary sulfonamides is 1. The van der Waals surface area contributed by atoms with E-state index in [0.29, 0.717) is 12.5 Å². The topological polar surface area (TPSA) is 72.2 Å². The highest BCUT2D eigenvalue weighted by Crippen LogP contribution is 2.24. The maximum Gasteiger partial charge on any atom is 0.209 e. The second kappa shape index (κ2) is 5.09. The van der Waals surface area contributed by atoms with Crippen LogP contribution >= 0.6 is 0 Å². The summed E-state index contributed by atoms with van der Waals surface area (Å²) in [5.74, 6) is 0.896. The lowest BCUT2D eigenvalue weighted by Crippen LogP contribution is -2.29. The van der Waals surface area contributed by atoms with E-state index < -0.39 is 10.0 Å². The number of nitrogens with two attached hydrogens (primary N) is 1. The summed E-state index contributed by atoms with van der Waals surface area (Å²) in [6, 6.07) is 0.588. The summed E-state index contributed by atoms with van der Waals surface area (Å²) in [6.45, 7) is 3.01. The van der Waals surface area contributed by atoms with E-state index in [1.807, 2.05) is 0 Å². The van der Waals surface area contributed by atoms with E-state index in [4.69, 9.17) is 5.14 Å². The Morgan fingerprint density at radius 3 is 2.64 bits per heavy atom. The van der Waals surface area contributed by atoms with Crippen LogP contribution in [0.3, 0.4) is 0 Å². The number of rotatable bonds is 5. The van der Waals surface area contributed by atoms with Gasteiger partial charge >= 0.3 is 0 Å². The van der Waals surface area contributed by atoms with Crippen molar-refractivity contribution in [1.82, 2.24) is 5.32 Å². The molecule has 1 fully saturated rings. The summed E-state index contributed by atoms with van der Waals surface area (Å²) in [4.78, 5) is 0. The lowest BCUT2D eigenvalue weighted by atomic mass is 10.1. The molecule has 2 unspecified atom stereocenters. The molecule has 0 aromatic rings. The number of hydrogen-bond donors (Lipinski definition) is 2. The SMILES string of the molecule is CC1CCC(NCCCS(N)(=O)=O)C1. The monoisotopic (exact) mass is 220 g/mol. The van der Waals surface area contributed by atoms with Gasteiger partial charge in [-0.3, -0.25) is 0 Å². The van der Waals surface area contributed by atoms with Gasteiger partial charge in [0, 0.05) is 6.04 Å². The van der Waals surface area contributed by atoms with Crippen LogP contribution in [0.2, 0.25) is 0 Å². The molecule has 0 aromatic carbocycles. The largest absolute Gasteiger partial charge is 0.314 e. The van der Waals surface area contributed by atoms with Crippen molar-refractivity contribution in [3.8, 4) is 0 Å². The van der Waals surface area contributed by atoms with Gasteiger partial charge < -0.3 is 5.32 Å². The van der Waals surface area contributed by atoms with Crippen molar-refractivity contribution >= 4 is 10.0 Å². The quantitative estimate of drug-likeness (QED) is 0.660. The Morgan fingerprint density at radius 1 is 1.43 bits per heavy atom. The standard InChI is InChI=1S/C9H20N2O2S/c1-8-3-4-9(7-8)11-5-2-6-14(10,12)13/h8-9,11H,2-7H2,1H3,(H2,10,12,13). The summed E-state index contributed by atoms with van der Waals surface area (Å²) in [7, 11) is -3.27. The van der Waals surface area contributed by atoms with Crippen molar-refractivity contribution in [2.75, 3.05) is 12.3 Å². The fourth-order valence-corrected chi connectivity index (χ4v) is 2.52. The second-order valence-electron chi connectivity index (χ2n) is 4.29. The molecule has 2 atom stereocenters. The zero-order valence-corrected chi connectivity index (χ0v) is 9.52. The van der Waals surface area contributed by atoms with Crippen molar-refractivity contribution in [3.63, 3.8) is 0 Å². The maximum atomic E-state index is 10.6. The first-order valence-electron chi connectivity index (χ1n) is 5.21. The van der Waals surface area contributed by atoms with Crippen LogP contribution in [0, 0.1) is 5.92 Å². The third-order valence-electron chi connectivity index (χ3n) is 2.73. The Bertz CT molecular complexity index is 264. The van der Waals surface area contributed by atoms with Crippen LogP contribution in [-0.2, 0) is 10.0 Å². The normalized spacial score (nSPS) is 28.1. The second-order valence-corrected chi connectivity index (χ2v) is 6.02. The maximum absolute atomic E-state index is 10.6. The minimum atomic E-state index is -3.27. The van der Waals surface area contributed by atoms with Gasteiger partial charge in [0.25, 0.3) is 0 Å². The van der Waals surface area contributed by atoms with E-state index in [1.54, 1.807) is 0 Å². The Morgan fingerprint density at radius 2 is 2.14 bits per heavy atom. The van der Waals surface area contributed by atoms with Crippen molar-refractivity contribution in [1.29, 1.82) is 0 Å². The van der Waals surface area contributed by atoms with Crippen LogP contribution < -0.4 is 10.5 Å². The van der Waals surface area contributed by atoms with Crippen LogP contribution in [0.15, 0.2) is 0 Å². The highest BCUT2D eigenvalue weighted by Gasteiger charge is 2.20. The highest BCUT2D eigenvalue weighted by atomic mass is 32.2. The number of hydrogen-bond acceptors (Lipinski definition) is 3. The smallest absolute Gasteiger partial charge is 0.209 e. The molecule has 1 rings (SSSR count). The fourth-order valence-electron chi connectivity index (χ4n) is 1.97. The first-order valence-corrected chi connectivity index (χ1v) is 6.93. The van der Waals surface area contributed by atoms with Gasteiger partial charge in [-0.15, -0.1) is 0 Å². The predicted octanol–water partition coefficient (Wildman–Crippen LogP) is 0.443. The van der Waals surface area contributed by atoms with E-state index in [9.17, 15) is 8.42 Å². The van der Waals surface area contributed by atoms with E-state index >= 15 is 0 Å². The van der Waals surface area contributed by atoms with E-state index in [1.165, 1.54) is 19.3 Å². The number of nitrogens with one attached hydrogen (secondary N) is 1. The van der Waals surface area contributed by atoms with E-state index in [0.717, 1.165) is 12.5 Å². The van der Waals surface area contributed by atoms with Gasteiger partial charge in [-0.05, 0) is 38.1 Å². The molecule has 5 heteroatoms. The van der Waals surface area contributed by atoms with Crippen molar-refractivity contribution < 1.29 is 8.42 Å². The first kappa shape index (κ1) is 11.9. The van der Waals surface area contributed by atoms with Crippen LogP contribution in [0.25, 0.3) is 0 Å². The molecular weight excluding hydrogens is 200 g/mol. The summed E-state index contributed by atoms with van der Waals surface area (Å²) in [5.41, 5.74) is 0. The highest BCUT2D eigenvalue weighted by molar-refractivity contribution is 7.89. The molecule has 1 aliphatic rings. The lowest BCUT2D eigenvalue weighted by Gasteiger charge is -2.11. The minimum absolute atomic E-state index is 0.0856. The minimum Gasteiger partial charge on any atom is -0.314 e. The Hall–Kier alpha value is -0.130. The van der Waals surface area contributed by atoms with Crippen LogP contribution in [0.1, 0.15) is 32.6 Å².